The van der Waals surface area contributed by atoms with Gasteiger partial charge in [0.1, 0.15) is 12.4 Å². The summed E-state index contributed by atoms with van der Waals surface area (Å²) < 4.78 is 36.8. The number of aryl methyl sites for hydroxylation is 1. The number of benzene rings is 2. The van der Waals surface area contributed by atoms with Gasteiger partial charge in [-0.15, -0.1) is 0 Å². The summed E-state index contributed by atoms with van der Waals surface area (Å²) in [4.78, 5) is 11.4. The maximum Gasteiger partial charge on any atom is 0.337 e. The number of carbonyl (C=O) groups is 1. The van der Waals surface area contributed by atoms with Crippen molar-refractivity contribution >= 4 is 16.0 Å². The summed E-state index contributed by atoms with van der Waals surface area (Å²) in [5.41, 5.74) is 2.04. The first-order chi connectivity index (χ1) is 11.9. The molecule has 0 heterocycles. The van der Waals surface area contributed by atoms with Crippen LogP contribution in [0.15, 0.2) is 48.5 Å². The van der Waals surface area contributed by atoms with Crippen molar-refractivity contribution in [3.63, 3.8) is 0 Å². The Morgan fingerprint density at radius 2 is 1.84 bits per heavy atom. The average molecular weight is 363 g/mol. The van der Waals surface area contributed by atoms with Crippen molar-refractivity contribution in [2.24, 2.45) is 0 Å². The van der Waals surface area contributed by atoms with Crippen LogP contribution in [-0.4, -0.2) is 34.6 Å². The molecule has 0 saturated heterocycles. The van der Waals surface area contributed by atoms with Crippen LogP contribution in [-0.2, 0) is 20.5 Å². The Kier molecular flexibility index (Phi) is 6.55. The van der Waals surface area contributed by atoms with E-state index in [1.807, 2.05) is 31.2 Å². The van der Waals surface area contributed by atoms with E-state index in [1.165, 1.54) is 19.2 Å². The zero-order valence-electron chi connectivity index (χ0n) is 14.2. The van der Waals surface area contributed by atoms with Crippen molar-refractivity contribution in [2.45, 2.75) is 12.7 Å². The second-order valence-electron chi connectivity index (χ2n) is 5.51. The number of nitrogens with one attached hydrogen (secondary N) is 1. The van der Waals surface area contributed by atoms with Gasteiger partial charge in [-0.1, -0.05) is 24.3 Å². The minimum atomic E-state index is -3.48. The first-order valence-corrected chi connectivity index (χ1v) is 9.39. The molecule has 0 aliphatic carbocycles. The molecule has 7 heteroatoms. The van der Waals surface area contributed by atoms with Crippen molar-refractivity contribution in [3.05, 3.63) is 65.2 Å². The van der Waals surface area contributed by atoms with Crippen LogP contribution in [0.1, 0.15) is 21.5 Å². The highest BCUT2D eigenvalue weighted by molar-refractivity contribution is 7.88. The summed E-state index contributed by atoms with van der Waals surface area (Å²) in [5.74, 6) is 0.0808. The van der Waals surface area contributed by atoms with Crippen LogP contribution in [0.4, 0.5) is 0 Å². The molecule has 0 bridgehead atoms. The monoisotopic (exact) mass is 363 g/mol. The molecule has 0 unspecified atom stereocenters. The predicted molar refractivity (Wildman–Crippen MR) is 95.1 cm³/mol. The standard InChI is InChI=1S/C18H21NO5S/c1-14-4-3-5-17(12-14)24-11-10-19-25(21,22)13-15-6-8-16(9-7-15)18(20)23-2/h3-9,12,19H,10-11,13H2,1-2H3. The van der Waals surface area contributed by atoms with Gasteiger partial charge < -0.3 is 9.47 Å². The SMILES string of the molecule is COC(=O)c1ccc(CS(=O)(=O)NCCOc2cccc(C)c2)cc1. The molecule has 0 aliphatic rings. The number of rotatable bonds is 8. The maximum atomic E-state index is 12.1. The molecule has 0 atom stereocenters. The highest BCUT2D eigenvalue weighted by Gasteiger charge is 2.12. The number of methoxy groups -OCH3 is 1. The van der Waals surface area contributed by atoms with Gasteiger partial charge in [-0.25, -0.2) is 17.9 Å². The Labute approximate surface area is 147 Å². The Balaban J connectivity index is 1.82. The quantitative estimate of drug-likeness (QED) is 0.575. The summed E-state index contributed by atoms with van der Waals surface area (Å²) >= 11 is 0. The molecule has 0 saturated carbocycles. The molecule has 0 aliphatic heterocycles. The fourth-order valence-corrected chi connectivity index (χ4v) is 3.32. The minimum absolute atomic E-state index is 0.168. The largest absolute Gasteiger partial charge is 0.492 e. The zero-order valence-corrected chi connectivity index (χ0v) is 15.0. The summed E-state index contributed by atoms with van der Waals surface area (Å²) in [5, 5.41) is 0. The second kappa shape index (κ2) is 8.64. The number of hydrogen-bond acceptors (Lipinski definition) is 5. The lowest BCUT2D eigenvalue weighted by molar-refractivity contribution is 0.0600. The van der Waals surface area contributed by atoms with Gasteiger partial charge >= 0.3 is 5.97 Å². The summed E-state index contributed by atoms with van der Waals surface area (Å²) in [6.45, 7) is 2.38. The summed E-state index contributed by atoms with van der Waals surface area (Å²) in [6.07, 6.45) is 0. The first kappa shape index (κ1) is 19.0. The number of carbonyl (C=O) groups excluding carboxylic acids is 1. The van der Waals surface area contributed by atoms with E-state index >= 15 is 0 Å². The van der Waals surface area contributed by atoms with E-state index in [9.17, 15) is 13.2 Å². The Morgan fingerprint density at radius 3 is 2.48 bits per heavy atom. The van der Waals surface area contributed by atoms with Crippen LogP contribution in [0.25, 0.3) is 0 Å². The summed E-state index contributed by atoms with van der Waals surface area (Å²) in [6, 6.07) is 13.8. The van der Waals surface area contributed by atoms with E-state index in [0.717, 1.165) is 5.56 Å². The molecular formula is C18H21NO5S. The Morgan fingerprint density at radius 1 is 1.12 bits per heavy atom. The third-order valence-corrected chi connectivity index (χ3v) is 4.77. The predicted octanol–water partition coefficient (Wildman–Crippen LogP) is 2.28. The molecule has 1 N–H and O–H groups in total. The molecule has 6 nitrogen and oxygen atoms in total. The van der Waals surface area contributed by atoms with Crippen LogP contribution in [0, 0.1) is 6.92 Å². The van der Waals surface area contributed by atoms with Crippen LogP contribution in [0.2, 0.25) is 0 Å². The topological polar surface area (TPSA) is 81.7 Å². The number of esters is 1. The lowest BCUT2D eigenvalue weighted by Crippen LogP contribution is -2.29. The van der Waals surface area contributed by atoms with Gasteiger partial charge in [-0.05, 0) is 42.3 Å². The first-order valence-electron chi connectivity index (χ1n) is 7.74. The van der Waals surface area contributed by atoms with Gasteiger partial charge in [0.05, 0.1) is 18.4 Å². The van der Waals surface area contributed by atoms with E-state index in [1.54, 1.807) is 12.1 Å². The highest BCUT2D eigenvalue weighted by atomic mass is 32.2. The van der Waals surface area contributed by atoms with Gasteiger partial charge in [0.25, 0.3) is 0 Å². The van der Waals surface area contributed by atoms with Crippen LogP contribution >= 0.6 is 0 Å². The van der Waals surface area contributed by atoms with E-state index in [4.69, 9.17) is 4.74 Å². The molecule has 134 valence electrons. The highest BCUT2D eigenvalue weighted by Crippen LogP contribution is 2.12. The van der Waals surface area contributed by atoms with Gasteiger partial charge in [0, 0.05) is 6.54 Å². The number of hydrogen-bond donors (Lipinski definition) is 1. The van der Waals surface area contributed by atoms with E-state index in [2.05, 4.69) is 9.46 Å². The minimum Gasteiger partial charge on any atom is -0.492 e. The second-order valence-corrected chi connectivity index (χ2v) is 7.31. The van der Waals surface area contributed by atoms with Gasteiger partial charge in [-0.2, -0.15) is 0 Å². The van der Waals surface area contributed by atoms with Crippen molar-refractivity contribution in [1.82, 2.24) is 4.72 Å². The van der Waals surface area contributed by atoms with Gasteiger partial charge in [-0.3, -0.25) is 0 Å². The molecule has 0 radical (unpaired) electrons. The molecule has 0 amide bonds. The van der Waals surface area contributed by atoms with Crippen LogP contribution < -0.4 is 9.46 Å². The van der Waals surface area contributed by atoms with E-state index in [0.29, 0.717) is 16.9 Å². The fraction of sp³-hybridized carbons (Fsp3) is 0.278. The lowest BCUT2D eigenvalue weighted by Gasteiger charge is -2.09. The van der Waals surface area contributed by atoms with Gasteiger partial charge in [0.2, 0.25) is 10.0 Å². The van der Waals surface area contributed by atoms with E-state index in [-0.39, 0.29) is 18.9 Å². The van der Waals surface area contributed by atoms with Crippen molar-refractivity contribution < 1.29 is 22.7 Å². The maximum absolute atomic E-state index is 12.1. The molecule has 0 aromatic heterocycles. The van der Waals surface area contributed by atoms with Crippen molar-refractivity contribution in [1.29, 1.82) is 0 Å². The third kappa shape index (κ3) is 6.21. The third-order valence-electron chi connectivity index (χ3n) is 3.41. The Bertz CT molecular complexity index is 816. The van der Waals surface area contributed by atoms with Crippen molar-refractivity contribution in [2.75, 3.05) is 20.3 Å². The number of sulfonamides is 1. The van der Waals surface area contributed by atoms with Crippen LogP contribution in [0.3, 0.4) is 0 Å². The lowest BCUT2D eigenvalue weighted by atomic mass is 10.1. The van der Waals surface area contributed by atoms with Crippen LogP contribution in [0.5, 0.6) is 5.75 Å². The summed E-state index contributed by atoms with van der Waals surface area (Å²) in [7, 11) is -2.19. The molecule has 0 fully saturated rings. The van der Waals surface area contributed by atoms with Gasteiger partial charge in [0.15, 0.2) is 0 Å². The molecular weight excluding hydrogens is 342 g/mol. The number of ether oxygens (including phenoxy) is 2. The average Bonchev–Trinajstić information content (AvgIpc) is 2.58. The molecule has 2 aromatic carbocycles. The smallest absolute Gasteiger partial charge is 0.337 e. The molecule has 2 rings (SSSR count). The molecule has 2 aromatic rings. The molecule has 0 spiro atoms. The van der Waals surface area contributed by atoms with E-state index < -0.39 is 16.0 Å². The Hall–Kier alpha value is -2.38. The molecule has 25 heavy (non-hydrogen) atoms. The zero-order chi connectivity index (χ0) is 18.3. The normalized spacial score (nSPS) is 11.1. The fourth-order valence-electron chi connectivity index (χ4n) is 2.20. The van der Waals surface area contributed by atoms with Crippen molar-refractivity contribution in [3.8, 4) is 5.75 Å².